The highest BCUT2D eigenvalue weighted by atomic mass is 16.3. The molecule has 0 aliphatic carbocycles. The molecule has 2 fully saturated rings. The van der Waals surface area contributed by atoms with Crippen molar-refractivity contribution in [2.75, 3.05) is 32.8 Å². The van der Waals surface area contributed by atoms with Crippen molar-refractivity contribution in [2.24, 2.45) is 17.8 Å². The van der Waals surface area contributed by atoms with E-state index in [-0.39, 0.29) is 12.5 Å². The van der Waals surface area contributed by atoms with Crippen molar-refractivity contribution in [1.29, 1.82) is 0 Å². The minimum Gasteiger partial charge on any atom is -0.396 e. The highest BCUT2D eigenvalue weighted by molar-refractivity contribution is 5.79. The summed E-state index contributed by atoms with van der Waals surface area (Å²) >= 11 is 0. The predicted octanol–water partition coefficient (Wildman–Crippen LogP) is 0.853. The number of nitrogens with one attached hydrogen (secondary N) is 1. The van der Waals surface area contributed by atoms with Crippen molar-refractivity contribution in [2.45, 2.75) is 32.6 Å². The van der Waals surface area contributed by atoms with Crippen LogP contribution >= 0.6 is 0 Å². The summed E-state index contributed by atoms with van der Waals surface area (Å²) in [6.45, 7) is 6.09. The van der Waals surface area contributed by atoms with Crippen LogP contribution in [-0.4, -0.2) is 48.7 Å². The van der Waals surface area contributed by atoms with E-state index >= 15 is 0 Å². The second kappa shape index (κ2) is 6.53. The second-order valence-electron chi connectivity index (χ2n) is 6.00. The Hall–Kier alpha value is -0.610. The zero-order valence-electron chi connectivity index (χ0n) is 11.4. The molecular weight excluding hydrogens is 228 g/mol. The van der Waals surface area contributed by atoms with Gasteiger partial charge in [0.05, 0.1) is 5.92 Å². The van der Waals surface area contributed by atoms with Crippen LogP contribution in [0.15, 0.2) is 0 Å². The van der Waals surface area contributed by atoms with Crippen molar-refractivity contribution in [3.8, 4) is 0 Å². The molecule has 2 saturated heterocycles. The van der Waals surface area contributed by atoms with Gasteiger partial charge in [0.25, 0.3) is 0 Å². The highest BCUT2D eigenvalue weighted by Gasteiger charge is 2.31. The number of carbonyl (C=O) groups excluding carboxylic acids is 1. The maximum atomic E-state index is 12.5. The van der Waals surface area contributed by atoms with E-state index in [0.29, 0.717) is 17.7 Å². The molecular formula is C14H26N2O2. The number of aliphatic hydroxyl groups is 1. The van der Waals surface area contributed by atoms with Gasteiger partial charge in [-0.2, -0.15) is 0 Å². The van der Waals surface area contributed by atoms with E-state index in [0.717, 1.165) is 51.9 Å². The van der Waals surface area contributed by atoms with Gasteiger partial charge in [0, 0.05) is 26.2 Å². The van der Waals surface area contributed by atoms with Crippen molar-refractivity contribution in [3.63, 3.8) is 0 Å². The Kier molecular flexibility index (Phi) is 5.01. The third kappa shape index (κ3) is 3.45. The first kappa shape index (κ1) is 13.8. The van der Waals surface area contributed by atoms with Gasteiger partial charge in [-0.05, 0) is 44.1 Å². The Balaban J connectivity index is 1.87. The van der Waals surface area contributed by atoms with Crippen molar-refractivity contribution in [1.82, 2.24) is 10.2 Å². The van der Waals surface area contributed by atoms with Gasteiger partial charge in [0.2, 0.25) is 5.91 Å². The van der Waals surface area contributed by atoms with Gasteiger partial charge >= 0.3 is 0 Å². The molecule has 104 valence electrons. The molecule has 2 rings (SSSR count). The summed E-state index contributed by atoms with van der Waals surface area (Å²) in [5.74, 6) is 1.60. The number of amides is 1. The van der Waals surface area contributed by atoms with Crippen molar-refractivity contribution in [3.05, 3.63) is 0 Å². The fourth-order valence-corrected chi connectivity index (χ4v) is 3.29. The first-order chi connectivity index (χ1) is 8.70. The van der Waals surface area contributed by atoms with E-state index in [4.69, 9.17) is 5.11 Å². The third-order valence-corrected chi connectivity index (χ3v) is 4.29. The first-order valence-corrected chi connectivity index (χ1v) is 7.31. The van der Waals surface area contributed by atoms with Crippen LogP contribution in [0.25, 0.3) is 0 Å². The van der Waals surface area contributed by atoms with E-state index < -0.39 is 0 Å². The smallest absolute Gasteiger partial charge is 0.226 e. The molecule has 2 aliphatic heterocycles. The molecule has 3 atom stereocenters. The minimum atomic E-state index is 0.168. The molecule has 0 aromatic heterocycles. The second-order valence-corrected chi connectivity index (χ2v) is 6.00. The van der Waals surface area contributed by atoms with Crippen LogP contribution in [0.4, 0.5) is 0 Å². The molecule has 0 spiro atoms. The fraction of sp³-hybridized carbons (Fsp3) is 0.929. The summed E-state index contributed by atoms with van der Waals surface area (Å²) in [7, 11) is 0. The van der Waals surface area contributed by atoms with Crippen LogP contribution in [0.5, 0.6) is 0 Å². The molecule has 4 heteroatoms. The zero-order chi connectivity index (χ0) is 13.0. The number of piperidine rings is 2. The largest absolute Gasteiger partial charge is 0.396 e. The lowest BCUT2D eigenvalue weighted by atomic mass is 9.89. The number of hydrogen-bond donors (Lipinski definition) is 2. The van der Waals surface area contributed by atoms with Gasteiger partial charge in [-0.3, -0.25) is 4.79 Å². The first-order valence-electron chi connectivity index (χ1n) is 7.31. The van der Waals surface area contributed by atoms with Crippen LogP contribution in [0, 0.1) is 17.8 Å². The Labute approximate surface area is 110 Å². The Bertz CT molecular complexity index is 281. The van der Waals surface area contributed by atoms with E-state index in [2.05, 4.69) is 12.2 Å². The molecule has 0 bridgehead atoms. The molecule has 0 saturated carbocycles. The Morgan fingerprint density at radius 3 is 3.00 bits per heavy atom. The predicted molar refractivity (Wildman–Crippen MR) is 71.1 cm³/mol. The summed E-state index contributed by atoms with van der Waals surface area (Å²) in [6, 6.07) is 0. The van der Waals surface area contributed by atoms with Crippen molar-refractivity contribution < 1.29 is 9.90 Å². The lowest BCUT2D eigenvalue weighted by Gasteiger charge is -2.37. The average Bonchev–Trinajstić information content (AvgIpc) is 2.39. The molecule has 0 aromatic carbocycles. The lowest BCUT2D eigenvalue weighted by molar-refractivity contribution is -0.138. The maximum absolute atomic E-state index is 12.5. The van der Waals surface area contributed by atoms with Gasteiger partial charge in [0.15, 0.2) is 0 Å². The van der Waals surface area contributed by atoms with Crippen LogP contribution in [0.1, 0.15) is 32.6 Å². The Morgan fingerprint density at radius 2 is 2.28 bits per heavy atom. The number of aliphatic hydroxyl groups excluding tert-OH is 1. The average molecular weight is 254 g/mol. The van der Waals surface area contributed by atoms with E-state index in [1.54, 1.807) is 0 Å². The molecule has 1 amide bonds. The molecule has 2 N–H and O–H groups in total. The molecule has 2 heterocycles. The number of likely N-dealkylation sites (tertiary alicyclic amines) is 1. The number of nitrogens with zero attached hydrogens (tertiary/aromatic N) is 1. The summed E-state index contributed by atoms with van der Waals surface area (Å²) in [6.07, 6.45) is 4.10. The van der Waals surface area contributed by atoms with Crippen LogP contribution in [-0.2, 0) is 4.79 Å². The Morgan fingerprint density at radius 1 is 1.44 bits per heavy atom. The molecule has 0 radical (unpaired) electrons. The standard InChI is InChI=1S/C14H26N2O2/c1-11-7-13(9-15-8-11)14(18)16-5-2-3-12(10-16)4-6-17/h11-13,15,17H,2-10H2,1H3. The fourth-order valence-electron chi connectivity index (χ4n) is 3.29. The molecule has 0 aromatic rings. The van der Waals surface area contributed by atoms with Crippen LogP contribution < -0.4 is 5.32 Å². The molecule has 3 unspecified atom stereocenters. The summed E-state index contributed by atoms with van der Waals surface area (Å²) < 4.78 is 0. The zero-order valence-corrected chi connectivity index (χ0v) is 11.4. The number of carbonyl (C=O) groups is 1. The van der Waals surface area contributed by atoms with Gasteiger partial charge in [-0.15, -0.1) is 0 Å². The quantitative estimate of drug-likeness (QED) is 0.785. The van der Waals surface area contributed by atoms with Gasteiger partial charge in [0.1, 0.15) is 0 Å². The van der Waals surface area contributed by atoms with E-state index in [1.807, 2.05) is 4.90 Å². The van der Waals surface area contributed by atoms with E-state index in [1.165, 1.54) is 0 Å². The minimum absolute atomic E-state index is 0.168. The van der Waals surface area contributed by atoms with Crippen LogP contribution in [0.3, 0.4) is 0 Å². The van der Waals surface area contributed by atoms with E-state index in [9.17, 15) is 4.79 Å². The third-order valence-electron chi connectivity index (χ3n) is 4.29. The summed E-state index contributed by atoms with van der Waals surface area (Å²) in [4.78, 5) is 14.5. The molecule has 18 heavy (non-hydrogen) atoms. The van der Waals surface area contributed by atoms with Gasteiger partial charge in [-0.25, -0.2) is 0 Å². The highest BCUT2D eigenvalue weighted by Crippen LogP contribution is 2.24. The molecule has 2 aliphatic rings. The number of hydrogen-bond acceptors (Lipinski definition) is 3. The summed E-state index contributed by atoms with van der Waals surface area (Å²) in [5.41, 5.74) is 0. The van der Waals surface area contributed by atoms with Gasteiger partial charge < -0.3 is 15.3 Å². The number of rotatable bonds is 3. The van der Waals surface area contributed by atoms with Gasteiger partial charge in [-0.1, -0.05) is 6.92 Å². The van der Waals surface area contributed by atoms with Crippen molar-refractivity contribution >= 4 is 5.91 Å². The summed E-state index contributed by atoms with van der Waals surface area (Å²) in [5, 5.41) is 12.4. The normalized spacial score (nSPS) is 33.4. The SMILES string of the molecule is CC1CNCC(C(=O)N2CCCC(CCO)C2)C1. The monoisotopic (exact) mass is 254 g/mol. The van der Waals surface area contributed by atoms with Crippen LogP contribution in [0.2, 0.25) is 0 Å². The molecule has 4 nitrogen and oxygen atoms in total. The lowest BCUT2D eigenvalue weighted by Crippen LogP contribution is -2.48. The topological polar surface area (TPSA) is 52.6 Å². The maximum Gasteiger partial charge on any atom is 0.226 e.